The van der Waals surface area contributed by atoms with E-state index in [2.05, 4.69) is 0 Å². The molecule has 0 aromatic rings. The number of nitrogens with zero attached hydrogens (tertiary/aromatic N) is 1. The van der Waals surface area contributed by atoms with Crippen molar-refractivity contribution in [3.63, 3.8) is 0 Å². The molecular weight excluding hydrogens is 274 g/mol. The summed E-state index contributed by atoms with van der Waals surface area (Å²) in [6, 6.07) is 0. The van der Waals surface area contributed by atoms with Crippen LogP contribution in [0, 0.1) is 5.92 Å². The second-order valence-electron chi connectivity index (χ2n) is 6.74. The molecule has 1 saturated heterocycles. The van der Waals surface area contributed by atoms with Crippen LogP contribution in [0.5, 0.6) is 0 Å². The van der Waals surface area contributed by atoms with Gasteiger partial charge in [-0.25, -0.2) is 0 Å². The third kappa shape index (κ3) is 4.17. The van der Waals surface area contributed by atoms with Gasteiger partial charge in [-0.05, 0) is 40.5 Å². The Labute approximate surface area is 126 Å². The van der Waals surface area contributed by atoms with Gasteiger partial charge in [-0.1, -0.05) is 13.3 Å². The fourth-order valence-electron chi connectivity index (χ4n) is 2.78. The first-order valence-corrected chi connectivity index (χ1v) is 7.44. The van der Waals surface area contributed by atoms with Crippen molar-refractivity contribution in [2.24, 2.45) is 5.92 Å². The van der Waals surface area contributed by atoms with Crippen LogP contribution >= 0.6 is 0 Å². The lowest BCUT2D eigenvalue weighted by Gasteiger charge is -2.35. The molecule has 0 spiro atoms. The molecule has 21 heavy (non-hydrogen) atoms. The van der Waals surface area contributed by atoms with Crippen molar-refractivity contribution >= 4 is 11.9 Å². The van der Waals surface area contributed by atoms with Gasteiger partial charge in [0.25, 0.3) is 0 Å². The second-order valence-corrected chi connectivity index (χ2v) is 6.74. The number of esters is 2. The minimum atomic E-state index is -0.715. The van der Waals surface area contributed by atoms with Crippen LogP contribution in [0.4, 0.5) is 0 Å². The molecule has 0 aliphatic carbocycles. The standard InChI is InChI=1S/C15H27NO5/c1-6-7-8-12(17)20-10-21-13(18)11-9-14(2,3)16(19)15(11,4)5/h11,19H,6-10H2,1-5H3. The van der Waals surface area contributed by atoms with E-state index in [9.17, 15) is 14.8 Å². The van der Waals surface area contributed by atoms with Gasteiger partial charge in [0.1, 0.15) is 0 Å². The summed E-state index contributed by atoms with van der Waals surface area (Å²) in [7, 11) is 0. The molecule has 1 unspecified atom stereocenters. The van der Waals surface area contributed by atoms with Crippen LogP contribution in [0.25, 0.3) is 0 Å². The Morgan fingerprint density at radius 1 is 1.24 bits per heavy atom. The summed E-state index contributed by atoms with van der Waals surface area (Å²) in [6.45, 7) is 8.94. The van der Waals surface area contributed by atoms with Gasteiger partial charge in [-0.15, -0.1) is 0 Å². The fourth-order valence-corrected chi connectivity index (χ4v) is 2.78. The fraction of sp³-hybridized carbons (Fsp3) is 0.867. The normalized spacial score (nSPS) is 23.8. The lowest BCUT2D eigenvalue weighted by atomic mass is 9.87. The minimum Gasteiger partial charge on any atom is -0.428 e. The highest BCUT2D eigenvalue weighted by Gasteiger charge is 2.54. The Bertz CT molecular complexity index is 392. The largest absolute Gasteiger partial charge is 0.428 e. The SMILES string of the molecule is CCCCC(=O)OCOC(=O)C1CC(C)(C)N(O)C1(C)C. The van der Waals surface area contributed by atoms with E-state index in [4.69, 9.17) is 9.47 Å². The predicted molar refractivity (Wildman–Crippen MR) is 76.5 cm³/mol. The molecule has 0 aromatic heterocycles. The lowest BCUT2D eigenvalue weighted by molar-refractivity contribution is -0.202. The molecule has 0 radical (unpaired) electrons. The van der Waals surface area contributed by atoms with Gasteiger partial charge in [0.15, 0.2) is 0 Å². The van der Waals surface area contributed by atoms with Crippen LogP contribution < -0.4 is 0 Å². The number of hydrogen-bond donors (Lipinski definition) is 1. The van der Waals surface area contributed by atoms with Gasteiger partial charge >= 0.3 is 11.9 Å². The molecule has 1 aliphatic heterocycles. The monoisotopic (exact) mass is 301 g/mol. The van der Waals surface area contributed by atoms with Crippen LogP contribution in [0.3, 0.4) is 0 Å². The van der Waals surface area contributed by atoms with Crippen molar-refractivity contribution in [2.75, 3.05) is 6.79 Å². The smallest absolute Gasteiger partial charge is 0.313 e. The maximum absolute atomic E-state index is 12.1. The van der Waals surface area contributed by atoms with Crippen LogP contribution in [-0.2, 0) is 19.1 Å². The average molecular weight is 301 g/mol. The van der Waals surface area contributed by atoms with E-state index < -0.39 is 23.0 Å². The van der Waals surface area contributed by atoms with E-state index in [0.717, 1.165) is 12.8 Å². The van der Waals surface area contributed by atoms with Crippen LogP contribution in [0.1, 0.15) is 60.3 Å². The predicted octanol–water partition coefficient (Wildman–Crippen LogP) is 2.49. The number of rotatable bonds is 6. The minimum absolute atomic E-state index is 0.334. The number of hydrogen-bond acceptors (Lipinski definition) is 6. The zero-order valence-electron chi connectivity index (χ0n) is 13.6. The van der Waals surface area contributed by atoms with E-state index >= 15 is 0 Å². The van der Waals surface area contributed by atoms with Gasteiger partial charge in [-0.3, -0.25) is 9.59 Å². The maximum atomic E-state index is 12.1. The van der Waals surface area contributed by atoms with E-state index in [1.807, 2.05) is 20.8 Å². The first kappa shape index (κ1) is 17.9. The van der Waals surface area contributed by atoms with Crippen LogP contribution in [-0.4, -0.2) is 40.1 Å². The molecule has 1 rings (SSSR count). The Balaban J connectivity index is 2.48. The van der Waals surface area contributed by atoms with Crippen molar-refractivity contribution in [3.8, 4) is 0 Å². The Morgan fingerprint density at radius 3 is 2.33 bits per heavy atom. The Morgan fingerprint density at radius 2 is 1.86 bits per heavy atom. The number of unbranched alkanes of at least 4 members (excludes halogenated alkanes) is 1. The molecule has 6 nitrogen and oxygen atoms in total. The van der Waals surface area contributed by atoms with E-state index in [-0.39, 0.29) is 12.8 Å². The third-order valence-electron chi connectivity index (χ3n) is 4.12. The highest BCUT2D eigenvalue weighted by Crippen LogP contribution is 2.43. The Hall–Kier alpha value is -1.14. The first-order chi connectivity index (χ1) is 9.63. The summed E-state index contributed by atoms with van der Waals surface area (Å²) < 4.78 is 9.90. The number of hydroxylamine groups is 2. The number of carbonyl (C=O) groups is 2. The molecule has 0 saturated carbocycles. The topological polar surface area (TPSA) is 76.1 Å². The highest BCUT2D eigenvalue weighted by atomic mass is 16.7. The molecule has 1 heterocycles. The summed E-state index contributed by atoms with van der Waals surface area (Å²) in [6.07, 6.45) is 2.49. The molecule has 122 valence electrons. The molecule has 6 heteroatoms. The number of carbonyl (C=O) groups excluding carboxylic acids is 2. The Kier molecular flexibility index (Phi) is 5.75. The molecule has 1 N–H and O–H groups in total. The van der Waals surface area contributed by atoms with Gasteiger partial charge in [0.05, 0.1) is 11.5 Å². The molecule has 1 fully saturated rings. The van der Waals surface area contributed by atoms with Gasteiger partial charge in [-0.2, -0.15) is 5.06 Å². The maximum Gasteiger partial charge on any atom is 0.313 e. The average Bonchev–Trinajstić information content (AvgIpc) is 2.56. The third-order valence-corrected chi connectivity index (χ3v) is 4.12. The summed E-state index contributed by atoms with van der Waals surface area (Å²) in [5, 5.41) is 11.4. The first-order valence-electron chi connectivity index (χ1n) is 7.44. The second kappa shape index (κ2) is 6.75. The molecule has 1 aliphatic rings. The van der Waals surface area contributed by atoms with Crippen molar-refractivity contribution in [2.45, 2.75) is 71.4 Å². The van der Waals surface area contributed by atoms with Gasteiger partial charge in [0, 0.05) is 12.0 Å². The summed E-state index contributed by atoms with van der Waals surface area (Å²) in [4.78, 5) is 23.5. The van der Waals surface area contributed by atoms with E-state index in [1.165, 1.54) is 5.06 Å². The molecule has 0 bridgehead atoms. The summed E-state index contributed by atoms with van der Waals surface area (Å²) in [5.41, 5.74) is -1.21. The molecule has 0 amide bonds. The molecule has 1 atom stereocenters. The van der Waals surface area contributed by atoms with Crippen molar-refractivity contribution in [1.82, 2.24) is 5.06 Å². The summed E-state index contributed by atoms with van der Waals surface area (Å²) >= 11 is 0. The number of ether oxygens (including phenoxy) is 2. The highest BCUT2D eigenvalue weighted by molar-refractivity contribution is 5.75. The van der Waals surface area contributed by atoms with Crippen molar-refractivity contribution in [1.29, 1.82) is 0 Å². The van der Waals surface area contributed by atoms with E-state index in [1.54, 1.807) is 13.8 Å². The zero-order valence-corrected chi connectivity index (χ0v) is 13.6. The van der Waals surface area contributed by atoms with Gasteiger partial charge < -0.3 is 14.7 Å². The molecule has 0 aromatic carbocycles. The lowest BCUT2D eigenvalue weighted by Crippen LogP contribution is -2.48. The quantitative estimate of drug-likeness (QED) is 0.600. The van der Waals surface area contributed by atoms with Crippen molar-refractivity contribution in [3.05, 3.63) is 0 Å². The van der Waals surface area contributed by atoms with Crippen molar-refractivity contribution < 1.29 is 24.3 Å². The van der Waals surface area contributed by atoms with Gasteiger partial charge in [0.2, 0.25) is 6.79 Å². The van der Waals surface area contributed by atoms with Crippen LogP contribution in [0.2, 0.25) is 0 Å². The molecular formula is C15H27NO5. The zero-order chi connectivity index (χ0) is 16.3. The van der Waals surface area contributed by atoms with Crippen LogP contribution in [0.15, 0.2) is 0 Å². The van der Waals surface area contributed by atoms with E-state index in [0.29, 0.717) is 12.8 Å². The summed E-state index contributed by atoms with van der Waals surface area (Å²) in [5.74, 6) is -1.28.